The molecule has 152 valence electrons. The first-order valence-electron chi connectivity index (χ1n) is 9.22. The molecule has 0 radical (unpaired) electrons. The van der Waals surface area contributed by atoms with Crippen molar-refractivity contribution in [3.63, 3.8) is 0 Å². The molecule has 0 aliphatic heterocycles. The normalized spacial score (nSPS) is 12.4. The fraction of sp³-hybridized carbons (Fsp3) is 0.500. The number of carbonyl (C=O) groups is 2. The van der Waals surface area contributed by atoms with Crippen LogP contribution < -0.4 is 5.56 Å². The van der Waals surface area contributed by atoms with E-state index in [1.54, 1.807) is 31.2 Å². The van der Waals surface area contributed by atoms with Gasteiger partial charge in [0.15, 0.2) is 5.16 Å². The highest BCUT2D eigenvalue weighted by Crippen LogP contribution is 2.25. The third kappa shape index (κ3) is 4.73. The summed E-state index contributed by atoms with van der Waals surface area (Å²) in [6.45, 7) is 9.41. The van der Waals surface area contributed by atoms with Crippen LogP contribution in [0, 0.1) is 0 Å². The van der Waals surface area contributed by atoms with Crippen molar-refractivity contribution in [1.29, 1.82) is 0 Å². The molecule has 0 N–H and O–H groups in total. The predicted molar refractivity (Wildman–Crippen MR) is 110 cm³/mol. The van der Waals surface area contributed by atoms with Gasteiger partial charge in [0.05, 0.1) is 23.3 Å². The van der Waals surface area contributed by atoms with Gasteiger partial charge in [-0.25, -0.2) is 4.98 Å². The third-order valence-corrected chi connectivity index (χ3v) is 5.42. The zero-order chi connectivity index (χ0) is 21.0. The Kier molecular flexibility index (Phi) is 7.23. The van der Waals surface area contributed by atoms with Gasteiger partial charge in [0.25, 0.3) is 5.56 Å². The second-order valence-corrected chi connectivity index (χ2v) is 8.38. The third-order valence-electron chi connectivity index (χ3n) is 4.34. The lowest BCUT2D eigenvalue weighted by atomic mass is 10.2. The van der Waals surface area contributed by atoms with Crippen LogP contribution in [0.25, 0.3) is 10.9 Å². The Morgan fingerprint density at radius 2 is 1.75 bits per heavy atom. The summed E-state index contributed by atoms with van der Waals surface area (Å²) in [5.41, 5.74) is 0.197. The van der Waals surface area contributed by atoms with Crippen molar-refractivity contribution >= 4 is 34.5 Å². The molecule has 0 fully saturated rings. The minimum absolute atomic E-state index is 0.0398. The average molecular weight is 406 g/mol. The topological polar surface area (TPSA) is 81.5 Å². The zero-order valence-corrected chi connectivity index (χ0v) is 17.9. The molecule has 0 unspecified atom stereocenters. The van der Waals surface area contributed by atoms with Gasteiger partial charge in [-0.05, 0) is 46.8 Å². The Bertz CT molecular complexity index is 915. The number of aromatic nitrogens is 2. The maximum Gasteiger partial charge on any atom is 0.325 e. The van der Waals surface area contributed by atoms with Gasteiger partial charge in [0.2, 0.25) is 5.91 Å². The van der Waals surface area contributed by atoms with E-state index < -0.39 is 11.2 Å². The molecule has 2 aromatic rings. The van der Waals surface area contributed by atoms with E-state index in [9.17, 15) is 14.4 Å². The Morgan fingerprint density at radius 3 is 2.32 bits per heavy atom. The first-order valence-corrected chi connectivity index (χ1v) is 10.1. The maximum atomic E-state index is 13.0. The first-order chi connectivity index (χ1) is 13.2. The van der Waals surface area contributed by atoms with Crippen LogP contribution in [0.15, 0.2) is 34.2 Å². The fourth-order valence-corrected chi connectivity index (χ4v) is 4.06. The Morgan fingerprint density at radius 1 is 1.14 bits per heavy atom. The van der Waals surface area contributed by atoms with E-state index in [4.69, 9.17) is 4.74 Å². The number of methoxy groups -OCH3 is 1. The smallest absolute Gasteiger partial charge is 0.325 e. The summed E-state index contributed by atoms with van der Waals surface area (Å²) in [5, 5.41) is 0.268. The number of hydrogen-bond acceptors (Lipinski definition) is 6. The number of rotatable bonds is 7. The van der Waals surface area contributed by atoms with Gasteiger partial charge >= 0.3 is 5.97 Å². The molecule has 0 saturated carbocycles. The molecule has 0 spiro atoms. The second kappa shape index (κ2) is 9.23. The standard InChI is InChI=1S/C20H27N3O4S/c1-12(2)23(13(3)4)18(25)14(5)28-20-21-16-10-8-7-9-15(16)19(26)22(20)11-17(24)27-6/h7-10,12-14H,11H2,1-6H3/t14-/m1/s1. The van der Waals surface area contributed by atoms with Crippen molar-refractivity contribution in [2.45, 2.75) is 63.7 Å². The molecule has 1 atom stereocenters. The van der Waals surface area contributed by atoms with Gasteiger partial charge in [-0.1, -0.05) is 23.9 Å². The summed E-state index contributed by atoms with van der Waals surface area (Å²) in [6, 6.07) is 7.05. The summed E-state index contributed by atoms with van der Waals surface area (Å²) >= 11 is 1.18. The van der Waals surface area contributed by atoms with Crippen LogP contribution in [-0.2, 0) is 20.9 Å². The number of carbonyl (C=O) groups excluding carboxylic acids is 2. The molecule has 7 nitrogen and oxygen atoms in total. The second-order valence-electron chi connectivity index (χ2n) is 7.07. The molecule has 1 aromatic carbocycles. The first kappa shape index (κ1) is 21.9. The van der Waals surface area contributed by atoms with Crippen molar-refractivity contribution in [3.05, 3.63) is 34.6 Å². The molecule has 8 heteroatoms. The van der Waals surface area contributed by atoms with Crippen molar-refractivity contribution < 1.29 is 14.3 Å². The monoisotopic (exact) mass is 405 g/mol. The predicted octanol–water partition coefficient (Wildman–Crippen LogP) is 2.70. The lowest BCUT2D eigenvalue weighted by molar-refractivity contribution is -0.141. The summed E-state index contributed by atoms with van der Waals surface area (Å²) in [4.78, 5) is 44.1. The van der Waals surface area contributed by atoms with Gasteiger partial charge in [-0.2, -0.15) is 0 Å². The molecule has 28 heavy (non-hydrogen) atoms. The van der Waals surface area contributed by atoms with Gasteiger partial charge in [-0.15, -0.1) is 0 Å². The number of para-hydroxylation sites is 1. The molecular formula is C20H27N3O4S. The summed E-state index contributed by atoms with van der Waals surface area (Å²) < 4.78 is 5.99. The summed E-state index contributed by atoms with van der Waals surface area (Å²) in [5.74, 6) is -0.590. The molecule has 1 amide bonds. The molecule has 0 aliphatic carbocycles. The van der Waals surface area contributed by atoms with Crippen LogP contribution in [0.3, 0.4) is 0 Å². The number of hydrogen-bond donors (Lipinski definition) is 0. The van der Waals surface area contributed by atoms with E-state index in [1.165, 1.54) is 23.4 Å². The minimum atomic E-state index is -0.550. The number of esters is 1. The molecule has 0 aliphatic rings. The van der Waals surface area contributed by atoms with Gasteiger partial charge < -0.3 is 9.64 Å². The van der Waals surface area contributed by atoms with Gasteiger partial charge in [0.1, 0.15) is 6.54 Å². The van der Waals surface area contributed by atoms with Crippen LogP contribution in [0.2, 0.25) is 0 Å². The molecule has 2 rings (SSSR count). The number of thioether (sulfide) groups is 1. The van der Waals surface area contributed by atoms with E-state index >= 15 is 0 Å². The minimum Gasteiger partial charge on any atom is -0.468 e. The lowest BCUT2D eigenvalue weighted by Gasteiger charge is -2.33. The van der Waals surface area contributed by atoms with Crippen molar-refractivity contribution in [2.75, 3.05) is 7.11 Å². The fourth-order valence-electron chi connectivity index (χ4n) is 3.09. The van der Waals surface area contributed by atoms with E-state index in [1.807, 2.05) is 32.6 Å². The number of benzene rings is 1. The molecule has 1 aromatic heterocycles. The number of amides is 1. The van der Waals surface area contributed by atoms with Gasteiger partial charge in [0, 0.05) is 12.1 Å². The molecular weight excluding hydrogens is 378 g/mol. The lowest BCUT2D eigenvalue weighted by Crippen LogP contribution is -2.45. The number of fused-ring (bicyclic) bond motifs is 1. The quantitative estimate of drug-likeness (QED) is 0.400. The highest BCUT2D eigenvalue weighted by Gasteiger charge is 2.27. The number of ether oxygens (including phenoxy) is 1. The van der Waals surface area contributed by atoms with E-state index in [0.29, 0.717) is 16.1 Å². The van der Waals surface area contributed by atoms with Crippen LogP contribution >= 0.6 is 11.8 Å². The SMILES string of the molecule is COC(=O)Cn1c(S[C@H](C)C(=O)N(C(C)C)C(C)C)nc2ccccc2c1=O. The van der Waals surface area contributed by atoms with Crippen molar-refractivity contribution in [3.8, 4) is 0 Å². The van der Waals surface area contributed by atoms with Crippen molar-refractivity contribution in [2.24, 2.45) is 0 Å². The van der Waals surface area contributed by atoms with Crippen LogP contribution in [0.5, 0.6) is 0 Å². The number of nitrogens with zero attached hydrogens (tertiary/aromatic N) is 3. The summed E-state index contributed by atoms with van der Waals surface area (Å²) in [6.07, 6.45) is 0. The van der Waals surface area contributed by atoms with E-state index in [-0.39, 0.29) is 30.1 Å². The highest BCUT2D eigenvalue weighted by molar-refractivity contribution is 8.00. The van der Waals surface area contributed by atoms with Crippen LogP contribution in [-0.4, -0.2) is 50.8 Å². The zero-order valence-electron chi connectivity index (χ0n) is 17.1. The maximum absolute atomic E-state index is 13.0. The van der Waals surface area contributed by atoms with Crippen molar-refractivity contribution in [1.82, 2.24) is 14.5 Å². The Hall–Kier alpha value is -2.35. The highest BCUT2D eigenvalue weighted by atomic mass is 32.2. The summed E-state index contributed by atoms with van der Waals surface area (Å²) in [7, 11) is 1.27. The molecule has 0 saturated heterocycles. The molecule has 0 bridgehead atoms. The van der Waals surface area contributed by atoms with Crippen LogP contribution in [0.1, 0.15) is 34.6 Å². The largest absolute Gasteiger partial charge is 0.468 e. The van der Waals surface area contributed by atoms with E-state index in [0.717, 1.165) is 0 Å². The average Bonchev–Trinajstić information content (AvgIpc) is 2.63. The van der Waals surface area contributed by atoms with E-state index in [2.05, 4.69) is 4.98 Å². The molecule has 1 heterocycles. The van der Waals surface area contributed by atoms with Gasteiger partial charge in [-0.3, -0.25) is 19.0 Å². The Labute approximate surface area is 169 Å². The Balaban J connectivity index is 2.47. The van der Waals surface area contributed by atoms with Crippen LogP contribution in [0.4, 0.5) is 0 Å².